The van der Waals surface area contributed by atoms with Gasteiger partial charge in [0.2, 0.25) is 0 Å². The third-order valence-electron chi connectivity index (χ3n) is 2.51. The van der Waals surface area contributed by atoms with E-state index in [1.807, 2.05) is 19.1 Å². The Kier molecular flexibility index (Phi) is 2.17. The molecule has 0 amide bonds. The van der Waals surface area contributed by atoms with Gasteiger partial charge in [0, 0.05) is 0 Å². The lowest BCUT2D eigenvalue weighted by Gasteiger charge is -2.24. The number of fused-ring (bicyclic) bond motifs is 1. The zero-order valence-electron chi connectivity index (χ0n) is 7.58. The molecule has 0 bridgehead atoms. The SMILES string of the molecule is CC(COO)=C1Cc2ccccc21. The molecule has 1 aliphatic rings. The summed E-state index contributed by atoms with van der Waals surface area (Å²) in [4.78, 5) is 4.12. The van der Waals surface area contributed by atoms with Gasteiger partial charge >= 0.3 is 0 Å². The molecule has 1 aliphatic carbocycles. The molecule has 13 heavy (non-hydrogen) atoms. The average molecular weight is 176 g/mol. The highest BCUT2D eigenvalue weighted by Gasteiger charge is 2.20. The first-order valence-corrected chi connectivity index (χ1v) is 4.36. The molecule has 0 spiro atoms. The van der Waals surface area contributed by atoms with Crippen LogP contribution in [-0.2, 0) is 11.3 Å². The van der Waals surface area contributed by atoms with Crippen molar-refractivity contribution >= 4 is 5.57 Å². The van der Waals surface area contributed by atoms with Crippen LogP contribution in [0.3, 0.4) is 0 Å². The summed E-state index contributed by atoms with van der Waals surface area (Å²) >= 11 is 0. The van der Waals surface area contributed by atoms with Crippen LogP contribution >= 0.6 is 0 Å². The molecule has 0 aromatic heterocycles. The van der Waals surface area contributed by atoms with Crippen molar-refractivity contribution in [1.29, 1.82) is 0 Å². The second-order valence-electron chi connectivity index (χ2n) is 3.37. The summed E-state index contributed by atoms with van der Waals surface area (Å²) < 4.78 is 0. The van der Waals surface area contributed by atoms with Crippen molar-refractivity contribution in [2.75, 3.05) is 6.61 Å². The monoisotopic (exact) mass is 176 g/mol. The molecule has 0 atom stereocenters. The normalized spacial score (nSPS) is 17.7. The molecular weight excluding hydrogens is 164 g/mol. The second-order valence-corrected chi connectivity index (χ2v) is 3.37. The van der Waals surface area contributed by atoms with Crippen molar-refractivity contribution in [2.45, 2.75) is 13.3 Å². The van der Waals surface area contributed by atoms with Crippen molar-refractivity contribution in [3.8, 4) is 0 Å². The Morgan fingerprint density at radius 3 is 2.92 bits per heavy atom. The predicted octanol–water partition coefficient (Wildman–Crippen LogP) is 2.51. The Hall–Kier alpha value is -1.12. The van der Waals surface area contributed by atoms with Crippen LogP contribution in [0.5, 0.6) is 0 Å². The second kappa shape index (κ2) is 3.32. The number of hydrogen-bond acceptors (Lipinski definition) is 2. The van der Waals surface area contributed by atoms with Gasteiger partial charge in [-0.2, -0.15) is 0 Å². The number of benzene rings is 1. The molecule has 1 N–H and O–H groups in total. The van der Waals surface area contributed by atoms with E-state index >= 15 is 0 Å². The molecule has 0 aliphatic heterocycles. The lowest BCUT2D eigenvalue weighted by molar-refractivity contribution is -0.233. The largest absolute Gasteiger partial charge is 0.251 e. The minimum absolute atomic E-state index is 0.309. The van der Waals surface area contributed by atoms with E-state index in [4.69, 9.17) is 5.26 Å². The minimum Gasteiger partial charge on any atom is -0.251 e. The zero-order chi connectivity index (χ0) is 9.26. The Morgan fingerprint density at radius 2 is 2.23 bits per heavy atom. The number of hydrogen-bond donors (Lipinski definition) is 1. The van der Waals surface area contributed by atoms with E-state index in [1.54, 1.807) is 0 Å². The lowest BCUT2D eigenvalue weighted by Crippen LogP contribution is -2.10. The highest BCUT2D eigenvalue weighted by Crippen LogP contribution is 2.35. The van der Waals surface area contributed by atoms with E-state index in [0.717, 1.165) is 12.0 Å². The summed E-state index contributed by atoms with van der Waals surface area (Å²) in [5.74, 6) is 0. The highest BCUT2D eigenvalue weighted by molar-refractivity contribution is 5.81. The van der Waals surface area contributed by atoms with E-state index in [1.165, 1.54) is 16.7 Å². The maximum absolute atomic E-state index is 8.32. The molecule has 2 rings (SSSR count). The van der Waals surface area contributed by atoms with Crippen molar-refractivity contribution in [3.63, 3.8) is 0 Å². The van der Waals surface area contributed by atoms with E-state index < -0.39 is 0 Å². The van der Waals surface area contributed by atoms with Gasteiger partial charge in [-0.3, -0.25) is 5.26 Å². The molecule has 1 aromatic carbocycles. The standard InChI is InChI=1S/C11H12O2/c1-8(7-13-12)11-6-9-4-2-3-5-10(9)11/h2-5,12H,6-7H2,1H3. The van der Waals surface area contributed by atoms with Gasteiger partial charge in [0.1, 0.15) is 6.61 Å². The molecule has 1 aromatic rings. The fraction of sp³-hybridized carbons (Fsp3) is 0.273. The van der Waals surface area contributed by atoms with Gasteiger partial charge in [-0.1, -0.05) is 24.3 Å². The predicted molar refractivity (Wildman–Crippen MR) is 51.3 cm³/mol. The fourth-order valence-electron chi connectivity index (χ4n) is 1.71. The number of rotatable bonds is 2. The fourth-order valence-corrected chi connectivity index (χ4v) is 1.71. The highest BCUT2D eigenvalue weighted by atomic mass is 17.1. The van der Waals surface area contributed by atoms with Crippen LogP contribution in [0, 0.1) is 0 Å². The first-order chi connectivity index (χ1) is 6.33. The molecule has 0 saturated heterocycles. The van der Waals surface area contributed by atoms with Crippen molar-refractivity contribution in [2.24, 2.45) is 0 Å². The first kappa shape index (κ1) is 8.48. The van der Waals surface area contributed by atoms with Crippen LogP contribution in [-0.4, -0.2) is 11.9 Å². The van der Waals surface area contributed by atoms with Crippen LogP contribution in [0.2, 0.25) is 0 Å². The molecule has 0 saturated carbocycles. The summed E-state index contributed by atoms with van der Waals surface area (Å²) in [5, 5.41) is 8.32. The maximum Gasteiger partial charge on any atom is 0.103 e. The molecule has 0 fully saturated rings. The van der Waals surface area contributed by atoms with Crippen LogP contribution < -0.4 is 0 Å². The van der Waals surface area contributed by atoms with Crippen molar-refractivity contribution in [3.05, 3.63) is 41.0 Å². The Labute approximate surface area is 77.4 Å². The molecule has 0 unspecified atom stereocenters. The van der Waals surface area contributed by atoms with Gasteiger partial charge in [-0.05, 0) is 35.6 Å². The Bertz CT molecular complexity index is 353. The van der Waals surface area contributed by atoms with Crippen LogP contribution in [0.25, 0.3) is 5.57 Å². The third-order valence-corrected chi connectivity index (χ3v) is 2.51. The van der Waals surface area contributed by atoms with Crippen LogP contribution in [0.1, 0.15) is 18.1 Å². The zero-order valence-corrected chi connectivity index (χ0v) is 7.58. The number of allylic oxidation sites excluding steroid dienone is 1. The van der Waals surface area contributed by atoms with E-state index in [0.29, 0.717) is 6.61 Å². The average Bonchev–Trinajstić information content (AvgIpc) is 2.07. The smallest absolute Gasteiger partial charge is 0.103 e. The van der Waals surface area contributed by atoms with Crippen LogP contribution in [0.4, 0.5) is 0 Å². The lowest BCUT2D eigenvalue weighted by atomic mass is 9.81. The maximum atomic E-state index is 8.32. The summed E-state index contributed by atoms with van der Waals surface area (Å²) in [6.45, 7) is 2.30. The third kappa shape index (κ3) is 1.39. The quantitative estimate of drug-likeness (QED) is 0.554. The molecule has 2 nitrogen and oxygen atoms in total. The topological polar surface area (TPSA) is 29.5 Å². The molecular formula is C11H12O2. The van der Waals surface area contributed by atoms with E-state index in [-0.39, 0.29) is 0 Å². The molecule has 2 heteroatoms. The summed E-state index contributed by atoms with van der Waals surface area (Å²) in [5.41, 5.74) is 5.11. The molecule has 68 valence electrons. The Morgan fingerprint density at radius 1 is 1.46 bits per heavy atom. The van der Waals surface area contributed by atoms with E-state index in [2.05, 4.69) is 17.0 Å². The minimum atomic E-state index is 0.309. The van der Waals surface area contributed by atoms with Gasteiger partial charge in [0.15, 0.2) is 0 Å². The Balaban J connectivity index is 2.30. The van der Waals surface area contributed by atoms with Crippen molar-refractivity contribution in [1.82, 2.24) is 0 Å². The van der Waals surface area contributed by atoms with Gasteiger partial charge in [-0.15, -0.1) is 0 Å². The van der Waals surface area contributed by atoms with Gasteiger partial charge in [0.25, 0.3) is 0 Å². The van der Waals surface area contributed by atoms with E-state index in [9.17, 15) is 0 Å². The molecule has 0 radical (unpaired) electrons. The van der Waals surface area contributed by atoms with Gasteiger partial charge in [-0.25, -0.2) is 4.89 Å². The summed E-state index contributed by atoms with van der Waals surface area (Å²) in [7, 11) is 0. The van der Waals surface area contributed by atoms with Gasteiger partial charge < -0.3 is 0 Å². The first-order valence-electron chi connectivity index (χ1n) is 4.36. The summed E-state index contributed by atoms with van der Waals surface area (Å²) in [6, 6.07) is 8.32. The van der Waals surface area contributed by atoms with Crippen LogP contribution in [0.15, 0.2) is 29.8 Å². The molecule has 0 heterocycles. The summed E-state index contributed by atoms with van der Waals surface area (Å²) in [6.07, 6.45) is 1.01. The van der Waals surface area contributed by atoms with Crippen molar-refractivity contribution < 1.29 is 10.1 Å². The van der Waals surface area contributed by atoms with Gasteiger partial charge in [0.05, 0.1) is 0 Å².